The Labute approximate surface area is 146 Å². The molecular formula is C15H16BrN5O3. The highest BCUT2D eigenvalue weighted by Crippen LogP contribution is 2.35. The molecule has 2 heterocycles. The van der Waals surface area contributed by atoms with Crippen LogP contribution < -0.4 is 4.90 Å². The maximum atomic E-state index is 9.37. The van der Waals surface area contributed by atoms with Crippen LogP contribution in [-0.2, 0) is 6.10 Å². The van der Waals surface area contributed by atoms with E-state index in [2.05, 4.69) is 37.1 Å². The summed E-state index contributed by atoms with van der Waals surface area (Å²) in [4.78, 5) is 2.12. The minimum Gasteiger partial charge on any atom is -0.370 e. The summed E-state index contributed by atoms with van der Waals surface area (Å²) in [6.07, 6.45) is -0.558. The van der Waals surface area contributed by atoms with Gasteiger partial charge in [-0.2, -0.15) is 5.26 Å². The maximum Gasteiger partial charge on any atom is 0.375 e. The summed E-state index contributed by atoms with van der Waals surface area (Å²) in [5.41, 5.74) is 1.46. The number of rotatable bonds is 3. The number of nitrogens with zero attached hydrogens (tertiary/aromatic N) is 5. The van der Waals surface area contributed by atoms with Gasteiger partial charge < -0.3 is 20.2 Å². The molecule has 24 heavy (non-hydrogen) atoms. The third-order valence-corrected chi connectivity index (χ3v) is 4.82. The largest absolute Gasteiger partial charge is 0.375 e. The fourth-order valence-electron chi connectivity index (χ4n) is 3.04. The zero-order chi connectivity index (χ0) is 17.3. The van der Waals surface area contributed by atoms with E-state index < -0.39 is 6.10 Å². The Kier molecular flexibility index (Phi) is 4.56. The first-order valence-electron chi connectivity index (χ1n) is 7.43. The van der Waals surface area contributed by atoms with Gasteiger partial charge >= 0.3 is 6.10 Å². The number of hydrogen-bond acceptors (Lipinski definition) is 7. The van der Waals surface area contributed by atoms with Gasteiger partial charge in [0.25, 0.3) is 0 Å². The topological polar surface area (TPSA) is 118 Å². The van der Waals surface area contributed by atoms with Crippen molar-refractivity contribution >= 4 is 21.6 Å². The van der Waals surface area contributed by atoms with Crippen LogP contribution in [0.1, 0.15) is 30.1 Å². The van der Waals surface area contributed by atoms with E-state index in [-0.39, 0.29) is 5.92 Å². The zero-order valence-electron chi connectivity index (χ0n) is 12.7. The quantitative estimate of drug-likeness (QED) is 0.661. The molecule has 3 rings (SSSR count). The van der Waals surface area contributed by atoms with E-state index in [1.54, 1.807) is 6.07 Å². The summed E-state index contributed by atoms with van der Waals surface area (Å²) >= 11 is 3.50. The molecule has 8 nitrogen and oxygen atoms in total. The monoisotopic (exact) mass is 393 g/mol. The van der Waals surface area contributed by atoms with Crippen molar-refractivity contribution in [3.8, 4) is 6.07 Å². The van der Waals surface area contributed by atoms with Crippen LogP contribution in [0.4, 0.5) is 5.69 Å². The Morgan fingerprint density at radius 2 is 1.96 bits per heavy atom. The van der Waals surface area contributed by atoms with Crippen LogP contribution in [0.25, 0.3) is 0 Å². The van der Waals surface area contributed by atoms with Crippen LogP contribution in [0, 0.1) is 11.3 Å². The van der Waals surface area contributed by atoms with Gasteiger partial charge in [-0.3, -0.25) is 0 Å². The van der Waals surface area contributed by atoms with Crippen molar-refractivity contribution in [2.75, 3.05) is 18.0 Å². The van der Waals surface area contributed by atoms with Crippen LogP contribution in [0.15, 0.2) is 29.0 Å². The smallest absolute Gasteiger partial charge is 0.370 e. The lowest BCUT2D eigenvalue weighted by atomic mass is 9.95. The molecule has 1 aromatic heterocycles. The molecule has 0 atom stereocenters. The average Bonchev–Trinajstić information content (AvgIpc) is 3.05. The number of benzene rings is 1. The van der Waals surface area contributed by atoms with Crippen molar-refractivity contribution in [3.05, 3.63) is 40.4 Å². The highest BCUT2D eigenvalue weighted by molar-refractivity contribution is 9.10. The number of para-hydroxylation sites is 1. The van der Waals surface area contributed by atoms with Gasteiger partial charge in [-0.05, 0) is 40.9 Å². The Bertz CT molecular complexity index is 772. The third kappa shape index (κ3) is 3.14. The summed E-state index contributed by atoms with van der Waals surface area (Å²) < 4.78 is 1.72. The van der Waals surface area contributed by atoms with Gasteiger partial charge in [0.05, 0.1) is 11.3 Å². The minimum absolute atomic E-state index is 0.0670. The molecule has 2 aromatic rings. The summed E-state index contributed by atoms with van der Waals surface area (Å²) in [6.45, 7) is 1.34. The van der Waals surface area contributed by atoms with E-state index in [9.17, 15) is 20.6 Å². The number of hydrogen-bond donors (Lipinski definition) is 3. The first-order chi connectivity index (χ1) is 11.4. The van der Waals surface area contributed by atoms with E-state index in [4.69, 9.17) is 0 Å². The molecule has 0 saturated carbocycles. The van der Waals surface area contributed by atoms with Crippen molar-refractivity contribution in [2.24, 2.45) is 0 Å². The Hall–Kier alpha value is -1.99. The minimum atomic E-state index is -3.01. The van der Waals surface area contributed by atoms with Crippen LogP contribution >= 0.6 is 15.9 Å². The first-order valence-corrected chi connectivity index (χ1v) is 8.22. The van der Waals surface area contributed by atoms with E-state index in [0.717, 1.165) is 21.1 Å². The highest BCUT2D eigenvalue weighted by Gasteiger charge is 2.32. The Balaban J connectivity index is 1.79. The van der Waals surface area contributed by atoms with Crippen molar-refractivity contribution in [2.45, 2.75) is 24.9 Å². The number of halogens is 1. The molecule has 0 spiro atoms. The second kappa shape index (κ2) is 6.49. The fraction of sp³-hybridized carbons (Fsp3) is 0.400. The summed E-state index contributed by atoms with van der Waals surface area (Å²) in [5, 5.41) is 45.0. The molecule has 1 aliphatic heterocycles. The molecule has 1 aliphatic rings. The molecule has 1 saturated heterocycles. The lowest BCUT2D eigenvalue weighted by Crippen LogP contribution is -2.38. The molecule has 0 aliphatic carbocycles. The molecule has 0 amide bonds. The SMILES string of the molecule is N#Cc1cccc(Br)c1N1CCC(c2nncn2C(O)(O)O)CC1. The average molecular weight is 394 g/mol. The lowest BCUT2D eigenvalue weighted by Gasteiger charge is -2.34. The van der Waals surface area contributed by atoms with E-state index in [1.807, 2.05) is 12.1 Å². The summed E-state index contributed by atoms with van der Waals surface area (Å²) in [6, 6.07) is 7.71. The van der Waals surface area contributed by atoms with Gasteiger partial charge in [-0.1, -0.05) is 6.07 Å². The second-order valence-electron chi connectivity index (χ2n) is 5.67. The van der Waals surface area contributed by atoms with Crippen molar-refractivity contribution in [1.29, 1.82) is 5.26 Å². The predicted octanol–water partition coefficient (Wildman–Crippen LogP) is 0.841. The molecule has 9 heteroatoms. The molecule has 1 fully saturated rings. The second-order valence-corrected chi connectivity index (χ2v) is 6.52. The van der Waals surface area contributed by atoms with E-state index >= 15 is 0 Å². The molecule has 3 N–H and O–H groups in total. The van der Waals surface area contributed by atoms with Crippen molar-refractivity contribution < 1.29 is 15.3 Å². The summed E-state index contributed by atoms with van der Waals surface area (Å²) in [7, 11) is 0. The van der Waals surface area contributed by atoms with Crippen LogP contribution in [0.3, 0.4) is 0 Å². The van der Waals surface area contributed by atoms with Gasteiger partial charge in [0, 0.05) is 23.5 Å². The zero-order valence-corrected chi connectivity index (χ0v) is 14.3. The summed E-state index contributed by atoms with van der Waals surface area (Å²) in [5.74, 6) is 0.261. The molecule has 1 aromatic carbocycles. The third-order valence-electron chi connectivity index (χ3n) is 4.18. The number of nitriles is 1. The Morgan fingerprint density at radius 1 is 1.25 bits per heavy atom. The van der Waals surface area contributed by atoms with Crippen LogP contribution in [-0.4, -0.2) is 43.2 Å². The maximum absolute atomic E-state index is 9.37. The van der Waals surface area contributed by atoms with Gasteiger partial charge in [0.1, 0.15) is 18.2 Å². The van der Waals surface area contributed by atoms with E-state index in [1.165, 1.54) is 0 Å². The number of piperidine rings is 1. The first kappa shape index (κ1) is 16.9. The molecule has 0 unspecified atom stereocenters. The Morgan fingerprint density at radius 3 is 2.58 bits per heavy atom. The predicted molar refractivity (Wildman–Crippen MR) is 87.7 cm³/mol. The fourth-order valence-corrected chi connectivity index (χ4v) is 3.66. The standard InChI is InChI=1S/C15H16BrN5O3/c16-12-3-1-2-11(8-17)13(12)20-6-4-10(5-7-20)14-19-18-9-21(14)15(22,23)24/h1-3,9-10,22-24H,4-7H2. The van der Waals surface area contributed by atoms with Gasteiger partial charge in [-0.25, -0.2) is 4.57 Å². The normalized spacial score (nSPS) is 16.2. The van der Waals surface area contributed by atoms with Crippen LogP contribution in [0.5, 0.6) is 0 Å². The number of aromatic nitrogens is 3. The lowest BCUT2D eigenvalue weighted by molar-refractivity contribution is -0.376. The van der Waals surface area contributed by atoms with Crippen LogP contribution in [0.2, 0.25) is 0 Å². The van der Waals surface area contributed by atoms with Gasteiger partial charge in [0.15, 0.2) is 0 Å². The highest BCUT2D eigenvalue weighted by atomic mass is 79.9. The van der Waals surface area contributed by atoms with Gasteiger partial charge in [0.2, 0.25) is 0 Å². The number of aliphatic hydroxyl groups is 3. The molecule has 126 valence electrons. The van der Waals surface area contributed by atoms with Crippen molar-refractivity contribution in [1.82, 2.24) is 14.8 Å². The molecular weight excluding hydrogens is 378 g/mol. The molecule has 0 radical (unpaired) electrons. The van der Waals surface area contributed by atoms with Crippen molar-refractivity contribution in [3.63, 3.8) is 0 Å². The van der Waals surface area contributed by atoms with E-state index in [0.29, 0.717) is 37.3 Å². The number of anilines is 1. The van der Waals surface area contributed by atoms with Gasteiger partial charge in [-0.15, -0.1) is 10.2 Å². The molecule has 0 bridgehead atoms.